The summed E-state index contributed by atoms with van der Waals surface area (Å²) in [4.78, 5) is 22.4. The van der Waals surface area contributed by atoms with Crippen LogP contribution in [-0.4, -0.2) is 17.1 Å². The van der Waals surface area contributed by atoms with Gasteiger partial charge in [-0.2, -0.15) is 0 Å². The van der Waals surface area contributed by atoms with Gasteiger partial charge in [0.1, 0.15) is 0 Å². The lowest BCUT2D eigenvalue weighted by Gasteiger charge is -2.09. The summed E-state index contributed by atoms with van der Waals surface area (Å²) in [5, 5.41) is 14.7. The number of halogens is 1. The van der Waals surface area contributed by atoms with Gasteiger partial charge in [0.05, 0.1) is 6.42 Å². The van der Waals surface area contributed by atoms with Crippen molar-refractivity contribution < 1.29 is 14.7 Å². The van der Waals surface area contributed by atoms with Gasteiger partial charge in [-0.05, 0) is 29.3 Å². The zero-order chi connectivity index (χ0) is 15.9. The summed E-state index contributed by atoms with van der Waals surface area (Å²) in [5.74, 6) is -0.891. The number of hydrogen-bond donors (Lipinski definition) is 3. The van der Waals surface area contributed by atoms with Crippen LogP contribution < -0.4 is 10.6 Å². The molecule has 0 saturated heterocycles. The molecule has 2 aromatic carbocycles. The molecule has 5 nitrogen and oxygen atoms in total. The molecule has 22 heavy (non-hydrogen) atoms. The average Bonchev–Trinajstić information content (AvgIpc) is 2.48. The Morgan fingerprint density at radius 2 is 1.73 bits per heavy atom. The van der Waals surface area contributed by atoms with E-state index in [1.807, 2.05) is 18.2 Å². The first-order chi connectivity index (χ1) is 10.5. The molecule has 0 unspecified atom stereocenters. The van der Waals surface area contributed by atoms with Gasteiger partial charge in [-0.15, -0.1) is 0 Å². The van der Waals surface area contributed by atoms with Crippen molar-refractivity contribution in [2.24, 2.45) is 0 Å². The summed E-state index contributed by atoms with van der Waals surface area (Å²) in [7, 11) is 0. The van der Waals surface area contributed by atoms with Crippen molar-refractivity contribution >= 4 is 29.3 Å². The minimum Gasteiger partial charge on any atom is -0.481 e. The SMILES string of the molecule is O=C(O)Cc1ccc(NC(=O)NCc2ccccc2Cl)cc1. The third kappa shape index (κ3) is 4.79. The number of benzene rings is 2. The molecule has 2 amide bonds. The van der Waals surface area contributed by atoms with E-state index < -0.39 is 5.97 Å². The van der Waals surface area contributed by atoms with E-state index in [1.165, 1.54) is 0 Å². The Morgan fingerprint density at radius 3 is 2.36 bits per heavy atom. The second kappa shape index (κ2) is 7.47. The quantitative estimate of drug-likeness (QED) is 0.791. The number of amides is 2. The number of aliphatic carboxylic acids is 1. The van der Waals surface area contributed by atoms with Gasteiger partial charge in [0.15, 0.2) is 0 Å². The van der Waals surface area contributed by atoms with E-state index in [0.29, 0.717) is 22.8 Å². The Labute approximate surface area is 132 Å². The maximum atomic E-state index is 11.8. The molecule has 2 aromatic rings. The molecule has 0 spiro atoms. The molecule has 6 heteroatoms. The molecule has 0 aliphatic carbocycles. The van der Waals surface area contributed by atoms with Crippen LogP contribution >= 0.6 is 11.6 Å². The fraction of sp³-hybridized carbons (Fsp3) is 0.125. The van der Waals surface area contributed by atoms with Crippen LogP contribution in [-0.2, 0) is 17.8 Å². The summed E-state index contributed by atoms with van der Waals surface area (Å²) in [6.45, 7) is 0.322. The smallest absolute Gasteiger partial charge is 0.319 e. The van der Waals surface area contributed by atoms with Crippen molar-refractivity contribution in [1.82, 2.24) is 5.32 Å². The Balaban J connectivity index is 1.87. The Bertz CT molecular complexity index is 671. The summed E-state index contributed by atoms with van der Waals surface area (Å²) in [5.41, 5.74) is 2.09. The Kier molecular flexibility index (Phi) is 5.38. The fourth-order valence-corrected chi connectivity index (χ4v) is 2.08. The van der Waals surface area contributed by atoms with E-state index in [-0.39, 0.29) is 12.5 Å². The molecule has 0 heterocycles. The van der Waals surface area contributed by atoms with E-state index >= 15 is 0 Å². The number of hydrogen-bond acceptors (Lipinski definition) is 2. The average molecular weight is 319 g/mol. The van der Waals surface area contributed by atoms with Crippen LogP contribution in [0.15, 0.2) is 48.5 Å². The lowest BCUT2D eigenvalue weighted by Crippen LogP contribution is -2.28. The number of nitrogens with one attached hydrogen (secondary N) is 2. The van der Waals surface area contributed by atoms with Crippen LogP contribution in [0.1, 0.15) is 11.1 Å². The summed E-state index contributed by atoms with van der Waals surface area (Å²) in [6.07, 6.45) is -0.0427. The van der Waals surface area contributed by atoms with Crippen molar-refractivity contribution in [2.75, 3.05) is 5.32 Å². The van der Waals surface area contributed by atoms with Crippen molar-refractivity contribution in [3.63, 3.8) is 0 Å². The second-order valence-electron chi connectivity index (χ2n) is 4.67. The summed E-state index contributed by atoms with van der Waals surface area (Å²) >= 11 is 6.01. The first-order valence-electron chi connectivity index (χ1n) is 6.63. The topological polar surface area (TPSA) is 78.4 Å². The Morgan fingerprint density at radius 1 is 1.05 bits per heavy atom. The maximum absolute atomic E-state index is 11.8. The van der Waals surface area contributed by atoms with Crippen molar-refractivity contribution in [3.8, 4) is 0 Å². The van der Waals surface area contributed by atoms with Gasteiger partial charge < -0.3 is 15.7 Å². The highest BCUT2D eigenvalue weighted by Crippen LogP contribution is 2.14. The zero-order valence-electron chi connectivity index (χ0n) is 11.7. The predicted octanol–water partition coefficient (Wildman–Crippen LogP) is 3.29. The Hall–Kier alpha value is -2.53. The lowest BCUT2D eigenvalue weighted by molar-refractivity contribution is -0.136. The molecule has 0 aromatic heterocycles. The maximum Gasteiger partial charge on any atom is 0.319 e. The standard InChI is InChI=1S/C16H15ClN2O3/c17-14-4-2-1-3-12(14)10-18-16(22)19-13-7-5-11(6-8-13)9-15(20)21/h1-8H,9-10H2,(H,20,21)(H2,18,19,22). The highest BCUT2D eigenvalue weighted by atomic mass is 35.5. The van der Waals surface area contributed by atoms with E-state index in [4.69, 9.17) is 16.7 Å². The summed E-state index contributed by atoms with van der Waals surface area (Å²) < 4.78 is 0. The molecular weight excluding hydrogens is 304 g/mol. The van der Waals surface area contributed by atoms with E-state index in [0.717, 1.165) is 5.56 Å². The molecule has 114 valence electrons. The van der Waals surface area contributed by atoms with Crippen LogP contribution in [0, 0.1) is 0 Å². The van der Waals surface area contributed by atoms with Gasteiger partial charge in [-0.3, -0.25) is 4.79 Å². The number of carboxylic acid groups (broad SMARTS) is 1. The number of carbonyl (C=O) groups is 2. The van der Waals surface area contributed by atoms with Crippen LogP contribution in [0.4, 0.5) is 10.5 Å². The number of carboxylic acids is 1. The molecule has 0 atom stereocenters. The molecule has 0 saturated carbocycles. The van der Waals surface area contributed by atoms with Crippen molar-refractivity contribution in [1.29, 1.82) is 0 Å². The van der Waals surface area contributed by atoms with Crippen molar-refractivity contribution in [3.05, 3.63) is 64.7 Å². The summed E-state index contributed by atoms with van der Waals surface area (Å²) in [6, 6.07) is 13.6. The monoisotopic (exact) mass is 318 g/mol. The lowest BCUT2D eigenvalue weighted by atomic mass is 10.1. The number of urea groups is 1. The molecule has 3 N–H and O–H groups in total. The second-order valence-corrected chi connectivity index (χ2v) is 5.07. The van der Waals surface area contributed by atoms with Gasteiger partial charge in [0.2, 0.25) is 0 Å². The molecule has 0 bridgehead atoms. The normalized spacial score (nSPS) is 10.0. The van der Waals surface area contributed by atoms with Crippen LogP contribution in [0.25, 0.3) is 0 Å². The highest BCUT2D eigenvalue weighted by molar-refractivity contribution is 6.31. The molecule has 0 fully saturated rings. The fourth-order valence-electron chi connectivity index (χ4n) is 1.87. The van der Waals surface area contributed by atoms with Gasteiger partial charge in [0, 0.05) is 17.3 Å². The van der Waals surface area contributed by atoms with E-state index in [9.17, 15) is 9.59 Å². The van der Waals surface area contributed by atoms with Crippen molar-refractivity contribution in [2.45, 2.75) is 13.0 Å². The van der Waals surface area contributed by atoms with Crippen LogP contribution in [0.5, 0.6) is 0 Å². The first-order valence-corrected chi connectivity index (χ1v) is 7.01. The molecule has 2 rings (SSSR count). The number of anilines is 1. The molecular formula is C16H15ClN2O3. The third-order valence-corrected chi connectivity index (χ3v) is 3.33. The van der Waals surface area contributed by atoms with E-state index in [1.54, 1.807) is 30.3 Å². The highest BCUT2D eigenvalue weighted by Gasteiger charge is 2.05. The minimum atomic E-state index is -0.891. The predicted molar refractivity (Wildman–Crippen MR) is 85.1 cm³/mol. The number of rotatable bonds is 5. The van der Waals surface area contributed by atoms with Gasteiger partial charge in [-0.25, -0.2) is 4.79 Å². The van der Waals surface area contributed by atoms with Gasteiger partial charge in [0.25, 0.3) is 0 Å². The van der Waals surface area contributed by atoms with Crippen LogP contribution in [0.2, 0.25) is 5.02 Å². The van der Waals surface area contributed by atoms with Crippen LogP contribution in [0.3, 0.4) is 0 Å². The third-order valence-electron chi connectivity index (χ3n) is 2.96. The molecule has 0 aliphatic heterocycles. The first kappa shape index (κ1) is 15.9. The molecule has 0 aliphatic rings. The van der Waals surface area contributed by atoms with E-state index in [2.05, 4.69) is 10.6 Å². The zero-order valence-corrected chi connectivity index (χ0v) is 12.4. The minimum absolute atomic E-state index is 0.0427. The number of carbonyl (C=O) groups excluding carboxylic acids is 1. The largest absolute Gasteiger partial charge is 0.481 e. The van der Waals surface area contributed by atoms with Gasteiger partial charge >= 0.3 is 12.0 Å². The van der Waals surface area contributed by atoms with Gasteiger partial charge in [-0.1, -0.05) is 41.9 Å². The molecule has 0 radical (unpaired) electrons.